The molecule has 1 aliphatic heterocycles. The molecule has 0 bridgehead atoms. The van der Waals surface area contributed by atoms with Crippen LogP contribution in [0.4, 0.5) is 0 Å². The van der Waals surface area contributed by atoms with Gasteiger partial charge < -0.3 is 14.6 Å². The van der Waals surface area contributed by atoms with Crippen molar-refractivity contribution in [3.05, 3.63) is 94.0 Å². The second kappa shape index (κ2) is 8.38. The molecule has 0 atom stereocenters. The van der Waals surface area contributed by atoms with Gasteiger partial charge in [0, 0.05) is 49.9 Å². The summed E-state index contributed by atoms with van der Waals surface area (Å²) in [5, 5.41) is 4.71. The van der Waals surface area contributed by atoms with Crippen LogP contribution in [0, 0.1) is 0 Å². The predicted octanol–water partition coefficient (Wildman–Crippen LogP) is 3.98. The summed E-state index contributed by atoms with van der Waals surface area (Å²) in [6.45, 7) is 2.35. The number of rotatable bonds is 4. The molecule has 1 N–H and O–H groups in total. The Bertz CT molecular complexity index is 1240. The van der Waals surface area contributed by atoms with Gasteiger partial charge in [-0.3, -0.25) is 9.36 Å². The van der Waals surface area contributed by atoms with Gasteiger partial charge in [0.1, 0.15) is 12.4 Å². The number of hydrogen-bond donors (Lipinski definition) is 1. The molecule has 6 heteroatoms. The van der Waals surface area contributed by atoms with Gasteiger partial charge in [0.15, 0.2) is 0 Å². The van der Waals surface area contributed by atoms with Crippen molar-refractivity contribution in [1.82, 2.24) is 14.5 Å². The fraction of sp³-hybridized carbons (Fsp3) is 0.208. The summed E-state index contributed by atoms with van der Waals surface area (Å²) < 4.78 is 9.71. The third-order valence-corrected chi connectivity index (χ3v) is 5.68. The molecule has 0 radical (unpaired) electrons. The summed E-state index contributed by atoms with van der Waals surface area (Å²) in [7, 11) is 2.11. The number of nitrogens with zero attached hydrogens (tertiary/aromatic N) is 2. The van der Waals surface area contributed by atoms with Gasteiger partial charge in [-0.25, -0.2) is 0 Å². The average Bonchev–Trinajstić information content (AvgIpc) is 3.05. The lowest BCUT2D eigenvalue weighted by Crippen LogP contribution is -2.24. The minimum atomic E-state index is -0.101. The van der Waals surface area contributed by atoms with Gasteiger partial charge >= 0.3 is 0 Å². The van der Waals surface area contributed by atoms with Gasteiger partial charge in [-0.05, 0) is 29.3 Å². The number of benzene rings is 2. The Hall–Kier alpha value is -3.02. The molecule has 0 unspecified atom stereocenters. The van der Waals surface area contributed by atoms with E-state index >= 15 is 0 Å². The Labute approximate surface area is 181 Å². The second-order valence-corrected chi connectivity index (χ2v) is 7.46. The highest BCUT2D eigenvalue weighted by atomic mass is 35.5. The molecule has 4 aromatic rings. The van der Waals surface area contributed by atoms with Gasteiger partial charge in [-0.1, -0.05) is 36.4 Å². The van der Waals surface area contributed by atoms with Crippen LogP contribution in [-0.2, 0) is 26.6 Å². The number of nitrogens with one attached hydrogen (secondary N) is 1. The van der Waals surface area contributed by atoms with Crippen molar-refractivity contribution in [2.45, 2.75) is 19.6 Å². The van der Waals surface area contributed by atoms with Crippen LogP contribution in [0.3, 0.4) is 0 Å². The van der Waals surface area contributed by atoms with Crippen LogP contribution in [0.2, 0.25) is 0 Å². The lowest BCUT2D eigenvalue weighted by molar-refractivity contribution is 0.305. The molecule has 2 aromatic carbocycles. The SMILES string of the molecule is Cl.Cn1c2c(c3ccc(-n4ccc(OCc5ccccc5)cc4=O)cc31)CNCC2. The molecule has 0 aliphatic carbocycles. The fourth-order valence-corrected chi connectivity index (χ4v) is 4.15. The third-order valence-electron chi connectivity index (χ3n) is 5.68. The predicted molar refractivity (Wildman–Crippen MR) is 122 cm³/mol. The van der Waals surface area contributed by atoms with Crippen molar-refractivity contribution in [3.8, 4) is 11.4 Å². The summed E-state index contributed by atoms with van der Waals surface area (Å²) in [6.07, 6.45) is 2.82. The number of hydrogen-bond acceptors (Lipinski definition) is 3. The first-order valence-corrected chi connectivity index (χ1v) is 9.91. The standard InChI is InChI=1S/C24H23N3O2.ClH/c1-26-22-9-11-25-15-21(22)20-8-7-18(13-23(20)26)27-12-10-19(14-24(27)28)29-16-17-5-3-2-4-6-17;/h2-8,10,12-14,25H,9,11,15-16H2,1H3;1H. The first-order chi connectivity index (χ1) is 14.2. The van der Waals surface area contributed by atoms with Crippen molar-refractivity contribution in [3.63, 3.8) is 0 Å². The highest BCUT2D eigenvalue weighted by Crippen LogP contribution is 2.29. The second-order valence-electron chi connectivity index (χ2n) is 7.46. The van der Waals surface area contributed by atoms with Crippen molar-refractivity contribution in [2.75, 3.05) is 6.54 Å². The van der Waals surface area contributed by atoms with E-state index in [0.29, 0.717) is 12.4 Å². The maximum atomic E-state index is 12.7. The quantitative estimate of drug-likeness (QED) is 0.542. The van der Waals surface area contributed by atoms with Gasteiger partial charge in [-0.2, -0.15) is 0 Å². The van der Waals surface area contributed by atoms with E-state index in [2.05, 4.69) is 29.1 Å². The minimum absolute atomic E-state index is 0. The van der Waals surface area contributed by atoms with Crippen LogP contribution in [0.1, 0.15) is 16.8 Å². The van der Waals surface area contributed by atoms with Crippen molar-refractivity contribution >= 4 is 23.3 Å². The Kier molecular flexibility index (Phi) is 5.66. The highest BCUT2D eigenvalue weighted by molar-refractivity contribution is 5.87. The zero-order chi connectivity index (χ0) is 19.8. The van der Waals surface area contributed by atoms with Crippen LogP contribution in [0.15, 0.2) is 71.7 Å². The molecule has 3 heterocycles. The number of ether oxygens (including phenoxy) is 1. The van der Waals surface area contributed by atoms with E-state index in [4.69, 9.17) is 4.74 Å². The molecule has 0 amide bonds. The van der Waals surface area contributed by atoms with E-state index in [0.717, 1.165) is 36.3 Å². The fourth-order valence-electron chi connectivity index (χ4n) is 4.15. The lowest BCUT2D eigenvalue weighted by atomic mass is 10.1. The van der Waals surface area contributed by atoms with E-state index in [1.54, 1.807) is 16.8 Å². The number of aryl methyl sites for hydroxylation is 1. The zero-order valence-electron chi connectivity index (χ0n) is 16.8. The van der Waals surface area contributed by atoms with Crippen molar-refractivity contribution in [1.29, 1.82) is 0 Å². The number of aromatic nitrogens is 2. The molecule has 30 heavy (non-hydrogen) atoms. The summed E-state index contributed by atoms with van der Waals surface area (Å²) in [5.41, 5.74) is 5.75. The largest absolute Gasteiger partial charge is 0.489 e. The Morgan fingerprint density at radius 1 is 1.07 bits per heavy atom. The molecule has 2 aromatic heterocycles. The Morgan fingerprint density at radius 2 is 1.90 bits per heavy atom. The first-order valence-electron chi connectivity index (χ1n) is 9.91. The van der Waals surface area contributed by atoms with Gasteiger partial charge in [0.05, 0.1) is 11.2 Å². The monoisotopic (exact) mass is 421 g/mol. The molecule has 5 nitrogen and oxygen atoms in total. The third kappa shape index (κ3) is 3.62. The van der Waals surface area contributed by atoms with Crippen LogP contribution < -0.4 is 15.6 Å². The van der Waals surface area contributed by atoms with Crippen LogP contribution in [0.5, 0.6) is 5.75 Å². The van der Waals surface area contributed by atoms with E-state index in [-0.39, 0.29) is 18.0 Å². The van der Waals surface area contributed by atoms with E-state index in [1.165, 1.54) is 16.6 Å². The lowest BCUT2D eigenvalue weighted by Gasteiger charge is -2.14. The number of pyridine rings is 1. The molecule has 5 rings (SSSR count). The van der Waals surface area contributed by atoms with E-state index < -0.39 is 0 Å². The van der Waals surface area contributed by atoms with E-state index in [9.17, 15) is 4.79 Å². The summed E-state index contributed by atoms with van der Waals surface area (Å²) in [6, 6.07) is 19.6. The van der Waals surface area contributed by atoms with Crippen molar-refractivity contribution < 1.29 is 4.74 Å². The molecule has 0 fully saturated rings. The van der Waals surface area contributed by atoms with Crippen LogP contribution in [-0.4, -0.2) is 15.7 Å². The smallest absolute Gasteiger partial charge is 0.258 e. The molecular weight excluding hydrogens is 398 g/mol. The molecule has 0 saturated carbocycles. The maximum absolute atomic E-state index is 12.7. The van der Waals surface area contributed by atoms with Crippen LogP contribution >= 0.6 is 12.4 Å². The molecular formula is C24H24ClN3O2. The number of halogens is 1. The maximum Gasteiger partial charge on any atom is 0.258 e. The Balaban J connectivity index is 0.00000218. The molecule has 154 valence electrons. The molecule has 1 aliphatic rings. The summed E-state index contributed by atoms with van der Waals surface area (Å²) in [4.78, 5) is 12.7. The normalized spacial score (nSPS) is 13.0. The van der Waals surface area contributed by atoms with E-state index in [1.807, 2.05) is 42.5 Å². The minimum Gasteiger partial charge on any atom is -0.489 e. The zero-order valence-corrected chi connectivity index (χ0v) is 17.6. The topological polar surface area (TPSA) is 48.2 Å². The average molecular weight is 422 g/mol. The molecule has 0 spiro atoms. The van der Waals surface area contributed by atoms with Gasteiger partial charge in [-0.15, -0.1) is 12.4 Å². The van der Waals surface area contributed by atoms with Gasteiger partial charge in [0.25, 0.3) is 5.56 Å². The highest BCUT2D eigenvalue weighted by Gasteiger charge is 2.18. The van der Waals surface area contributed by atoms with Crippen molar-refractivity contribution in [2.24, 2.45) is 7.05 Å². The van der Waals surface area contributed by atoms with Gasteiger partial charge in [0.2, 0.25) is 0 Å². The summed E-state index contributed by atoms with van der Waals surface area (Å²) >= 11 is 0. The molecule has 0 saturated heterocycles. The first kappa shape index (κ1) is 20.3. The van der Waals surface area contributed by atoms with Crippen LogP contribution in [0.25, 0.3) is 16.6 Å². The summed E-state index contributed by atoms with van der Waals surface area (Å²) in [5.74, 6) is 0.580. The number of fused-ring (bicyclic) bond motifs is 3. The Morgan fingerprint density at radius 3 is 2.70 bits per heavy atom.